The largest absolute Gasteiger partial charge is 0.355 e. The molecule has 3 heterocycles. The van der Waals surface area contributed by atoms with Gasteiger partial charge in [0.15, 0.2) is 0 Å². The van der Waals surface area contributed by atoms with E-state index >= 15 is 0 Å². The summed E-state index contributed by atoms with van der Waals surface area (Å²) in [4.78, 5) is 14.4. The van der Waals surface area contributed by atoms with Crippen molar-refractivity contribution in [2.45, 2.75) is 39.8 Å². The lowest BCUT2D eigenvalue weighted by Gasteiger charge is -2.33. The third-order valence-corrected chi connectivity index (χ3v) is 6.56. The summed E-state index contributed by atoms with van der Waals surface area (Å²) in [5.41, 5.74) is 2.89. The van der Waals surface area contributed by atoms with Crippen molar-refractivity contribution in [3.8, 4) is 0 Å². The Bertz CT molecular complexity index is 956. The highest BCUT2D eigenvalue weighted by molar-refractivity contribution is 7.88. The normalized spacial score (nSPS) is 16.7. The molecule has 10 nitrogen and oxygen atoms in total. The van der Waals surface area contributed by atoms with Crippen LogP contribution in [0.1, 0.15) is 32.0 Å². The Morgan fingerprint density at radius 2 is 1.90 bits per heavy atom. The number of nitrogens with zero attached hydrogens (tertiary/aromatic N) is 6. The van der Waals surface area contributed by atoms with Crippen molar-refractivity contribution in [1.82, 2.24) is 34.1 Å². The number of carbonyl (C=O) groups excluding carboxylic acids is 1. The molecule has 0 atom stereocenters. The first-order valence-corrected chi connectivity index (χ1v) is 11.9. The average Bonchev–Trinajstić information content (AvgIpc) is 3.21. The molecule has 3 rings (SSSR count). The molecule has 0 aromatic carbocycles. The summed E-state index contributed by atoms with van der Waals surface area (Å²) in [6.45, 7) is 10.3. The van der Waals surface area contributed by atoms with Crippen molar-refractivity contribution in [2.24, 2.45) is 0 Å². The number of carbonyl (C=O) groups is 1. The third-order valence-electron chi connectivity index (χ3n) is 5.26. The Kier molecular flexibility index (Phi) is 6.59. The topological polar surface area (TPSA) is 105 Å². The zero-order valence-corrected chi connectivity index (χ0v) is 18.4. The van der Waals surface area contributed by atoms with Gasteiger partial charge in [-0.05, 0) is 20.8 Å². The Balaban J connectivity index is 1.43. The van der Waals surface area contributed by atoms with E-state index in [1.165, 1.54) is 10.6 Å². The van der Waals surface area contributed by atoms with Crippen molar-refractivity contribution < 1.29 is 13.2 Å². The number of hydrogen-bond donors (Lipinski definition) is 1. The van der Waals surface area contributed by atoms with Crippen LogP contribution < -0.4 is 5.32 Å². The molecule has 1 amide bonds. The molecule has 2 aromatic heterocycles. The van der Waals surface area contributed by atoms with Crippen molar-refractivity contribution in [1.29, 1.82) is 0 Å². The Labute approximate surface area is 171 Å². The molecule has 29 heavy (non-hydrogen) atoms. The van der Waals surface area contributed by atoms with E-state index < -0.39 is 10.0 Å². The molecular weight excluding hydrogens is 394 g/mol. The molecule has 11 heteroatoms. The fourth-order valence-electron chi connectivity index (χ4n) is 3.68. The van der Waals surface area contributed by atoms with E-state index in [0.717, 1.165) is 23.3 Å². The zero-order valence-electron chi connectivity index (χ0n) is 17.6. The Hall–Kier alpha value is -1.98. The molecule has 0 aliphatic carbocycles. The van der Waals surface area contributed by atoms with Crippen LogP contribution in [0.2, 0.25) is 0 Å². The van der Waals surface area contributed by atoms with Gasteiger partial charge in [0.05, 0.1) is 24.7 Å². The molecule has 1 N–H and O–H groups in total. The van der Waals surface area contributed by atoms with Crippen LogP contribution in [0.15, 0.2) is 6.20 Å². The van der Waals surface area contributed by atoms with E-state index in [-0.39, 0.29) is 11.9 Å². The Morgan fingerprint density at radius 3 is 2.52 bits per heavy atom. The predicted octanol–water partition coefficient (Wildman–Crippen LogP) is 0.206. The molecule has 1 aliphatic heterocycles. The number of sulfonamides is 1. The maximum absolute atomic E-state index is 12.2. The fraction of sp³-hybridized carbons (Fsp3) is 0.722. The SMILES string of the molecule is Cc1nn(C(C)C)c2cnn(CCC(=O)NCCN3CCN(S(C)(=O)=O)CC3)c12. The lowest BCUT2D eigenvalue weighted by atomic mass is 10.3. The first-order valence-electron chi connectivity index (χ1n) is 10.0. The van der Waals surface area contributed by atoms with Crippen molar-refractivity contribution in [2.75, 3.05) is 45.5 Å². The van der Waals surface area contributed by atoms with Gasteiger partial charge in [-0.15, -0.1) is 0 Å². The molecule has 0 saturated carbocycles. The Morgan fingerprint density at radius 1 is 1.21 bits per heavy atom. The van der Waals surface area contributed by atoms with Gasteiger partial charge < -0.3 is 5.32 Å². The number of fused-ring (bicyclic) bond motifs is 1. The second kappa shape index (κ2) is 8.80. The summed E-state index contributed by atoms with van der Waals surface area (Å²) < 4.78 is 28.4. The van der Waals surface area contributed by atoms with Crippen molar-refractivity contribution >= 4 is 27.0 Å². The highest BCUT2D eigenvalue weighted by atomic mass is 32.2. The monoisotopic (exact) mass is 425 g/mol. The summed E-state index contributed by atoms with van der Waals surface area (Å²) in [5.74, 6) is -0.0164. The summed E-state index contributed by atoms with van der Waals surface area (Å²) in [6.07, 6.45) is 3.40. The summed E-state index contributed by atoms with van der Waals surface area (Å²) in [6, 6.07) is 0.256. The smallest absolute Gasteiger partial charge is 0.221 e. The summed E-state index contributed by atoms with van der Waals surface area (Å²) in [7, 11) is -3.11. The van der Waals surface area contributed by atoms with Gasteiger partial charge in [-0.2, -0.15) is 14.5 Å². The van der Waals surface area contributed by atoms with Gasteiger partial charge in [-0.1, -0.05) is 0 Å². The first kappa shape index (κ1) is 21.7. The lowest BCUT2D eigenvalue weighted by molar-refractivity contribution is -0.121. The van der Waals surface area contributed by atoms with Gasteiger partial charge in [0, 0.05) is 51.7 Å². The maximum atomic E-state index is 12.2. The molecule has 1 aliphatic rings. The molecule has 0 bridgehead atoms. The lowest BCUT2D eigenvalue weighted by Crippen LogP contribution is -2.49. The van der Waals surface area contributed by atoms with Crippen LogP contribution in [0, 0.1) is 6.92 Å². The standard InChI is InChI=1S/C18H31N7O3S/c1-14(2)25-16-13-20-24(18(16)15(3)21-25)7-5-17(26)19-6-8-22-9-11-23(12-10-22)29(4,27)28/h13-14H,5-12H2,1-4H3,(H,19,26). The van der Waals surface area contributed by atoms with Gasteiger partial charge in [0.1, 0.15) is 11.0 Å². The number of aromatic nitrogens is 4. The van der Waals surface area contributed by atoms with Crippen LogP contribution >= 0.6 is 0 Å². The van der Waals surface area contributed by atoms with Gasteiger partial charge in [-0.25, -0.2) is 8.42 Å². The number of nitrogens with one attached hydrogen (secondary N) is 1. The zero-order chi connectivity index (χ0) is 21.2. The van der Waals surface area contributed by atoms with E-state index in [0.29, 0.717) is 45.7 Å². The van der Waals surface area contributed by atoms with Crippen LogP contribution in [0.25, 0.3) is 11.0 Å². The minimum absolute atomic E-state index is 0.0164. The second-order valence-electron chi connectivity index (χ2n) is 7.83. The first-order chi connectivity index (χ1) is 13.7. The van der Waals surface area contributed by atoms with E-state index in [1.807, 2.05) is 22.5 Å². The third kappa shape index (κ3) is 5.14. The maximum Gasteiger partial charge on any atom is 0.221 e. The molecule has 1 fully saturated rings. The molecular formula is C18H31N7O3S. The highest BCUT2D eigenvalue weighted by Gasteiger charge is 2.23. The van der Waals surface area contributed by atoms with Gasteiger partial charge in [-0.3, -0.25) is 19.1 Å². The summed E-state index contributed by atoms with van der Waals surface area (Å²) in [5, 5.41) is 11.9. The summed E-state index contributed by atoms with van der Waals surface area (Å²) >= 11 is 0. The number of rotatable bonds is 8. The molecule has 162 valence electrons. The van der Waals surface area contributed by atoms with E-state index in [9.17, 15) is 13.2 Å². The number of aryl methyl sites for hydroxylation is 2. The van der Waals surface area contributed by atoms with Gasteiger partial charge in [0.2, 0.25) is 15.9 Å². The van der Waals surface area contributed by atoms with Crippen molar-refractivity contribution in [3.05, 3.63) is 11.9 Å². The quantitative estimate of drug-likeness (QED) is 0.648. The van der Waals surface area contributed by atoms with Gasteiger partial charge in [0.25, 0.3) is 0 Å². The molecule has 0 unspecified atom stereocenters. The van der Waals surface area contributed by atoms with E-state index in [2.05, 4.69) is 34.3 Å². The molecule has 0 spiro atoms. The van der Waals surface area contributed by atoms with Gasteiger partial charge >= 0.3 is 0 Å². The second-order valence-corrected chi connectivity index (χ2v) is 9.81. The average molecular weight is 426 g/mol. The molecule has 0 radical (unpaired) electrons. The minimum Gasteiger partial charge on any atom is -0.355 e. The van der Waals surface area contributed by atoms with E-state index in [4.69, 9.17) is 0 Å². The van der Waals surface area contributed by atoms with Crippen LogP contribution in [-0.2, 0) is 21.4 Å². The van der Waals surface area contributed by atoms with Crippen molar-refractivity contribution in [3.63, 3.8) is 0 Å². The van der Waals surface area contributed by atoms with Crippen LogP contribution in [0.5, 0.6) is 0 Å². The molecule has 2 aromatic rings. The number of hydrogen-bond acceptors (Lipinski definition) is 6. The van der Waals surface area contributed by atoms with E-state index in [1.54, 1.807) is 0 Å². The fourth-order valence-corrected chi connectivity index (χ4v) is 4.50. The highest BCUT2D eigenvalue weighted by Crippen LogP contribution is 2.21. The minimum atomic E-state index is -3.11. The number of amides is 1. The van der Waals surface area contributed by atoms with Crippen LogP contribution in [0.4, 0.5) is 0 Å². The number of piperazine rings is 1. The van der Waals surface area contributed by atoms with Crippen LogP contribution in [-0.4, -0.2) is 88.6 Å². The molecule has 1 saturated heterocycles. The predicted molar refractivity (Wildman–Crippen MR) is 111 cm³/mol. The van der Waals surface area contributed by atoms with Crippen LogP contribution in [0.3, 0.4) is 0 Å².